The molecule has 1 aliphatic carbocycles. The predicted octanol–water partition coefficient (Wildman–Crippen LogP) is 3.95. The molecule has 26 heavy (non-hydrogen) atoms. The number of benzene rings is 2. The molecular formula is C20H21ClN2O2S. The van der Waals surface area contributed by atoms with E-state index in [0.29, 0.717) is 11.1 Å². The lowest BCUT2D eigenvalue weighted by Crippen LogP contribution is -2.33. The second-order valence-corrected chi connectivity index (χ2v) is 9.32. The zero-order chi connectivity index (χ0) is 18.5. The van der Waals surface area contributed by atoms with Crippen LogP contribution >= 0.6 is 11.6 Å². The van der Waals surface area contributed by atoms with Gasteiger partial charge in [0.25, 0.3) is 10.0 Å². The first-order valence-corrected chi connectivity index (χ1v) is 10.5. The number of aromatic nitrogens is 1. The Kier molecular flexibility index (Phi) is 4.34. The van der Waals surface area contributed by atoms with E-state index in [9.17, 15) is 8.42 Å². The zero-order valence-electron chi connectivity index (χ0n) is 14.8. The lowest BCUT2D eigenvalue weighted by Gasteiger charge is -2.30. The Morgan fingerprint density at radius 1 is 1.15 bits per heavy atom. The molecule has 4 nitrogen and oxygen atoms in total. The van der Waals surface area contributed by atoms with Gasteiger partial charge in [0.05, 0.1) is 10.4 Å². The molecule has 3 aromatic rings. The molecule has 0 fully saturated rings. The SMILES string of the molecule is CN(C)C1CCc2ccc3c(ccn3S(=O)(=O)c3cccc(Cl)c3)c2C1. The third-order valence-electron chi connectivity index (χ3n) is 5.31. The zero-order valence-corrected chi connectivity index (χ0v) is 16.4. The number of halogens is 1. The molecule has 4 rings (SSSR count). The highest BCUT2D eigenvalue weighted by atomic mass is 35.5. The molecule has 0 saturated carbocycles. The van der Waals surface area contributed by atoms with Gasteiger partial charge < -0.3 is 4.90 Å². The normalized spacial score (nSPS) is 17.6. The maximum atomic E-state index is 13.1. The topological polar surface area (TPSA) is 42.3 Å². The van der Waals surface area contributed by atoms with Crippen molar-refractivity contribution in [3.8, 4) is 0 Å². The highest BCUT2D eigenvalue weighted by Gasteiger charge is 2.25. The lowest BCUT2D eigenvalue weighted by atomic mass is 9.86. The largest absolute Gasteiger partial charge is 0.306 e. The number of fused-ring (bicyclic) bond motifs is 3. The monoisotopic (exact) mass is 388 g/mol. The standard InChI is InChI=1S/C20H21ClN2O2S/c1-22(2)16-8-6-14-7-9-20-18(19(14)13-16)10-11-23(20)26(24,25)17-5-3-4-15(21)12-17/h3-5,7,9-12,16H,6,8,13H2,1-2H3. The Labute approximate surface area is 159 Å². The second-order valence-electron chi connectivity index (χ2n) is 7.07. The summed E-state index contributed by atoms with van der Waals surface area (Å²) < 4.78 is 27.6. The summed E-state index contributed by atoms with van der Waals surface area (Å²) >= 11 is 5.99. The van der Waals surface area contributed by atoms with Crippen molar-refractivity contribution in [3.05, 3.63) is 64.8 Å². The smallest absolute Gasteiger partial charge is 0.268 e. The Hall–Kier alpha value is -1.82. The van der Waals surface area contributed by atoms with Crippen LogP contribution in [-0.2, 0) is 22.9 Å². The van der Waals surface area contributed by atoms with Gasteiger partial charge in [-0.05, 0) is 74.8 Å². The molecule has 136 valence electrons. The summed E-state index contributed by atoms with van der Waals surface area (Å²) in [7, 11) is 0.524. The minimum Gasteiger partial charge on any atom is -0.306 e. The van der Waals surface area contributed by atoms with Crippen LogP contribution in [-0.4, -0.2) is 37.4 Å². The average Bonchev–Trinajstić information content (AvgIpc) is 3.06. The number of rotatable bonds is 3. The molecule has 2 aromatic carbocycles. The minimum absolute atomic E-state index is 0.200. The summed E-state index contributed by atoms with van der Waals surface area (Å²) in [5, 5.41) is 1.44. The summed E-state index contributed by atoms with van der Waals surface area (Å²) in [6, 6.07) is 12.8. The third kappa shape index (κ3) is 2.84. The fraction of sp³-hybridized carbons (Fsp3) is 0.300. The lowest BCUT2D eigenvalue weighted by molar-refractivity contribution is 0.269. The van der Waals surface area contributed by atoms with Crippen molar-refractivity contribution in [1.82, 2.24) is 8.87 Å². The van der Waals surface area contributed by atoms with E-state index < -0.39 is 10.0 Å². The van der Waals surface area contributed by atoms with Crippen molar-refractivity contribution in [2.24, 2.45) is 0 Å². The Morgan fingerprint density at radius 2 is 1.96 bits per heavy atom. The van der Waals surface area contributed by atoms with Gasteiger partial charge >= 0.3 is 0 Å². The van der Waals surface area contributed by atoms with Gasteiger partial charge in [0.15, 0.2) is 0 Å². The van der Waals surface area contributed by atoms with Crippen molar-refractivity contribution < 1.29 is 8.42 Å². The van der Waals surface area contributed by atoms with Crippen LogP contribution < -0.4 is 0 Å². The van der Waals surface area contributed by atoms with E-state index in [-0.39, 0.29) is 4.90 Å². The van der Waals surface area contributed by atoms with Crippen LogP contribution in [0.25, 0.3) is 10.9 Å². The van der Waals surface area contributed by atoms with E-state index in [1.807, 2.05) is 12.1 Å². The molecule has 6 heteroatoms. The summed E-state index contributed by atoms with van der Waals surface area (Å²) in [4.78, 5) is 2.45. The van der Waals surface area contributed by atoms with Crippen molar-refractivity contribution in [1.29, 1.82) is 0 Å². The van der Waals surface area contributed by atoms with Crippen LogP contribution in [0.4, 0.5) is 0 Å². The Morgan fingerprint density at radius 3 is 2.69 bits per heavy atom. The first-order valence-electron chi connectivity index (χ1n) is 8.67. The molecular weight excluding hydrogens is 368 g/mol. The number of hydrogen-bond acceptors (Lipinski definition) is 3. The van der Waals surface area contributed by atoms with Crippen LogP contribution in [0.15, 0.2) is 53.6 Å². The maximum absolute atomic E-state index is 13.1. The molecule has 1 aromatic heterocycles. The quantitative estimate of drug-likeness (QED) is 0.682. The molecule has 1 heterocycles. The van der Waals surface area contributed by atoms with Gasteiger partial charge in [-0.15, -0.1) is 0 Å². The van der Waals surface area contributed by atoms with Crippen LogP contribution in [0.5, 0.6) is 0 Å². The summed E-state index contributed by atoms with van der Waals surface area (Å²) in [6.45, 7) is 0. The molecule has 0 bridgehead atoms. The van der Waals surface area contributed by atoms with Crippen LogP contribution in [0.3, 0.4) is 0 Å². The average molecular weight is 389 g/mol. The summed E-state index contributed by atoms with van der Waals surface area (Å²) in [5.74, 6) is 0. The fourth-order valence-corrected chi connectivity index (χ4v) is 5.47. The van der Waals surface area contributed by atoms with Crippen molar-refractivity contribution >= 4 is 32.5 Å². The molecule has 1 atom stereocenters. The number of nitrogens with zero attached hydrogens (tertiary/aromatic N) is 2. The minimum atomic E-state index is -3.68. The van der Waals surface area contributed by atoms with Gasteiger partial charge in [0.2, 0.25) is 0 Å². The number of likely N-dealkylation sites (N-methyl/N-ethyl adjacent to an activating group) is 1. The van der Waals surface area contributed by atoms with E-state index in [1.54, 1.807) is 24.4 Å². The fourth-order valence-electron chi connectivity index (χ4n) is 3.82. The first-order chi connectivity index (χ1) is 12.4. The van der Waals surface area contributed by atoms with Gasteiger partial charge in [0.1, 0.15) is 0 Å². The summed E-state index contributed by atoms with van der Waals surface area (Å²) in [6.07, 6.45) is 4.76. The van der Waals surface area contributed by atoms with Gasteiger partial charge in [-0.2, -0.15) is 0 Å². The predicted molar refractivity (Wildman–Crippen MR) is 105 cm³/mol. The van der Waals surface area contributed by atoms with Crippen LogP contribution in [0, 0.1) is 0 Å². The Bertz CT molecular complexity index is 1090. The van der Waals surface area contributed by atoms with Gasteiger partial charge in [-0.1, -0.05) is 23.7 Å². The van der Waals surface area contributed by atoms with E-state index in [4.69, 9.17) is 11.6 Å². The third-order valence-corrected chi connectivity index (χ3v) is 7.24. The van der Waals surface area contributed by atoms with Crippen LogP contribution in [0.1, 0.15) is 17.5 Å². The van der Waals surface area contributed by atoms with Gasteiger partial charge in [0, 0.05) is 22.6 Å². The highest BCUT2D eigenvalue weighted by Crippen LogP contribution is 2.32. The van der Waals surface area contributed by atoms with E-state index in [2.05, 4.69) is 25.1 Å². The van der Waals surface area contributed by atoms with Crippen molar-refractivity contribution in [2.45, 2.75) is 30.2 Å². The second kappa shape index (κ2) is 6.41. The van der Waals surface area contributed by atoms with Gasteiger partial charge in [-0.25, -0.2) is 12.4 Å². The maximum Gasteiger partial charge on any atom is 0.268 e. The van der Waals surface area contributed by atoms with E-state index in [1.165, 1.54) is 21.2 Å². The van der Waals surface area contributed by atoms with Crippen LogP contribution in [0.2, 0.25) is 5.02 Å². The van der Waals surface area contributed by atoms with E-state index >= 15 is 0 Å². The number of aryl methyl sites for hydroxylation is 1. The molecule has 0 spiro atoms. The summed E-state index contributed by atoms with van der Waals surface area (Å²) in [5.41, 5.74) is 3.32. The molecule has 0 saturated heterocycles. The molecule has 0 aliphatic heterocycles. The number of hydrogen-bond donors (Lipinski definition) is 0. The highest BCUT2D eigenvalue weighted by molar-refractivity contribution is 7.90. The van der Waals surface area contributed by atoms with E-state index in [0.717, 1.165) is 30.2 Å². The van der Waals surface area contributed by atoms with Crippen molar-refractivity contribution in [3.63, 3.8) is 0 Å². The molecule has 0 N–H and O–H groups in total. The van der Waals surface area contributed by atoms with Gasteiger partial charge in [-0.3, -0.25) is 0 Å². The molecule has 1 aliphatic rings. The Balaban J connectivity index is 1.85. The van der Waals surface area contributed by atoms with Crippen molar-refractivity contribution in [2.75, 3.05) is 14.1 Å². The first kappa shape index (κ1) is 17.6. The molecule has 1 unspecified atom stereocenters. The molecule has 0 radical (unpaired) electrons. The molecule has 0 amide bonds.